The Morgan fingerprint density at radius 3 is 0.859 bits per heavy atom. The number of hydrogen-bond donors (Lipinski definition) is 0. The Morgan fingerprint density at radius 2 is 0.549 bits per heavy atom. The fourth-order valence-electron chi connectivity index (χ4n) is 7.93. The fourth-order valence-corrected chi connectivity index (χ4v) is 7.93. The van der Waals surface area contributed by atoms with Crippen LogP contribution in [0.2, 0.25) is 0 Å². The van der Waals surface area contributed by atoms with Crippen molar-refractivity contribution >= 4 is 17.9 Å². The van der Waals surface area contributed by atoms with Crippen molar-refractivity contribution < 1.29 is 28.6 Å². The van der Waals surface area contributed by atoms with Crippen molar-refractivity contribution in [3.63, 3.8) is 0 Å². The van der Waals surface area contributed by atoms with Crippen molar-refractivity contribution in [3.8, 4) is 0 Å². The molecule has 6 heteroatoms. The molecule has 0 radical (unpaired) electrons. The number of hydrogen-bond acceptors (Lipinski definition) is 6. The third-order valence-corrected chi connectivity index (χ3v) is 12.3. The molecule has 6 nitrogen and oxygen atoms in total. The normalized spacial score (nSPS) is 12.9. The van der Waals surface area contributed by atoms with Crippen molar-refractivity contribution in [1.82, 2.24) is 0 Å². The van der Waals surface area contributed by atoms with Crippen LogP contribution >= 0.6 is 0 Å². The van der Waals surface area contributed by atoms with Gasteiger partial charge < -0.3 is 14.2 Å². The molecule has 0 aromatic heterocycles. The summed E-state index contributed by atoms with van der Waals surface area (Å²) in [5, 5.41) is 0. The molecular formula is C65H108O6. The lowest BCUT2D eigenvalue weighted by atomic mass is 10.0. The molecule has 0 aromatic carbocycles. The van der Waals surface area contributed by atoms with E-state index in [9.17, 15) is 14.4 Å². The number of rotatable bonds is 52. The molecule has 71 heavy (non-hydrogen) atoms. The fraction of sp³-hybridized carbons (Fsp3) is 0.677. The summed E-state index contributed by atoms with van der Waals surface area (Å²) < 4.78 is 16.8. The van der Waals surface area contributed by atoms with Gasteiger partial charge in [0.15, 0.2) is 6.10 Å². The molecule has 0 aliphatic rings. The zero-order valence-electron chi connectivity index (χ0n) is 46.2. The smallest absolute Gasteiger partial charge is 0.306 e. The first-order valence-corrected chi connectivity index (χ1v) is 29.4. The molecule has 0 bridgehead atoms. The van der Waals surface area contributed by atoms with Crippen LogP contribution in [0.25, 0.3) is 0 Å². The topological polar surface area (TPSA) is 78.9 Å². The Morgan fingerprint density at radius 1 is 0.296 bits per heavy atom. The second-order valence-electron chi connectivity index (χ2n) is 19.1. The van der Waals surface area contributed by atoms with Crippen LogP contribution in [0, 0.1) is 0 Å². The van der Waals surface area contributed by atoms with Crippen LogP contribution in [-0.4, -0.2) is 37.2 Å². The van der Waals surface area contributed by atoms with Gasteiger partial charge in [-0.3, -0.25) is 14.4 Å². The molecule has 0 aromatic rings. The average Bonchev–Trinajstić information content (AvgIpc) is 3.37. The van der Waals surface area contributed by atoms with Gasteiger partial charge in [-0.25, -0.2) is 0 Å². The molecule has 0 aliphatic carbocycles. The molecule has 0 heterocycles. The van der Waals surface area contributed by atoms with E-state index in [1.165, 1.54) is 89.9 Å². The van der Waals surface area contributed by atoms with Crippen molar-refractivity contribution in [2.24, 2.45) is 0 Å². The minimum Gasteiger partial charge on any atom is -0.462 e. The zero-order valence-corrected chi connectivity index (χ0v) is 46.2. The Labute approximate surface area is 438 Å². The maximum Gasteiger partial charge on any atom is 0.306 e. The van der Waals surface area contributed by atoms with E-state index < -0.39 is 6.10 Å². The number of carbonyl (C=O) groups is 3. The zero-order chi connectivity index (χ0) is 51.4. The van der Waals surface area contributed by atoms with Gasteiger partial charge in [0.05, 0.1) is 0 Å². The molecule has 1 unspecified atom stereocenters. The second kappa shape index (κ2) is 58.6. The van der Waals surface area contributed by atoms with Crippen LogP contribution < -0.4 is 0 Å². The molecule has 1 atom stereocenters. The maximum absolute atomic E-state index is 12.8. The minimum absolute atomic E-state index is 0.0865. The summed E-state index contributed by atoms with van der Waals surface area (Å²) in [6.45, 7) is 6.36. The van der Waals surface area contributed by atoms with Gasteiger partial charge >= 0.3 is 17.9 Å². The largest absolute Gasteiger partial charge is 0.462 e. The number of allylic oxidation sites excluding steroid dienone is 18. The predicted molar refractivity (Wildman–Crippen MR) is 307 cm³/mol. The first kappa shape index (κ1) is 67.1. The Balaban J connectivity index is 4.22. The van der Waals surface area contributed by atoms with Crippen molar-refractivity contribution in [3.05, 3.63) is 109 Å². The van der Waals surface area contributed by atoms with E-state index in [0.29, 0.717) is 19.3 Å². The molecule has 0 spiro atoms. The van der Waals surface area contributed by atoms with Crippen molar-refractivity contribution in [2.45, 2.75) is 271 Å². The minimum atomic E-state index is -0.788. The van der Waals surface area contributed by atoms with Crippen LogP contribution in [0.3, 0.4) is 0 Å². The molecule has 0 aliphatic heterocycles. The molecule has 0 fully saturated rings. The van der Waals surface area contributed by atoms with E-state index >= 15 is 0 Å². The van der Waals surface area contributed by atoms with Crippen LogP contribution in [0.1, 0.15) is 265 Å². The highest BCUT2D eigenvalue weighted by molar-refractivity contribution is 5.71. The quantitative estimate of drug-likeness (QED) is 0.0261. The van der Waals surface area contributed by atoms with Gasteiger partial charge in [-0.2, -0.15) is 0 Å². The van der Waals surface area contributed by atoms with Crippen LogP contribution in [0.5, 0.6) is 0 Å². The summed E-state index contributed by atoms with van der Waals surface area (Å²) in [6, 6.07) is 0. The lowest BCUT2D eigenvalue weighted by Crippen LogP contribution is -2.30. The van der Waals surface area contributed by atoms with Gasteiger partial charge in [-0.1, -0.05) is 252 Å². The van der Waals surface area contributed by atoms with Crippen LogP contribution in [0.15, 0.2) is 109 Å². The lowest BCUT2D eigenvalue weighted by Gasteiger charge is -2.18. The van der Waals surface area contributed by atoms with E-state index in [2.05, 4.69) is 130 Å². The van der Waals surface area contributed by atoms with Crippen molar-refractivity contribution in [2.75, 3.05) is 13.2 Å². The summed E-state index contributed by atoms with van der Waals surface area (Å²) in [5.41, 5.74) is 0. The first-order valence-electron chi connectivity index (χ1n) is 29.4. The molecule has 0 saturated carbocycles. The van der Waals surface area contributed by atoms with Gasteiger partial charge in [-0.15, -0.1) is 0 Å². The first-order chi connectivity index (χ1) is 35.0. The number of carbonyl (C=O) groups excluding carboxylic acids is 3. The third kappa shape index (κ3) is 56.9. The van der Waals surface area contributed by atoms with Gasteiger partial charge in [0.1, 0.15) is 13.2 Å². The van der Waals surface area contributed by atoms with Crippen molar-refractivity contribution in [1.29, 1.82) is 0 Å². The standard InChI is InChI=1S/C65H108O6/c1-4-7-10-13-16-18-20-22-24-26-28-30-31-32-33-35-36-38-40-42-44-46-49-52-55-58-64(67)70-61-62(60-69-63(66)57-54-51-48-15-12-9-6-3)71-65(68)59-56-53-50-47-45-43-41-39-37-34-29-27-25-23-21-19-17-14-11-8-5-2/h7-8,10-11,16-19,22-25,28-30,34,39,41,62H,4-6,9,12-15,20-21,26-27,31-33,35-38,40,42-61H2,1-3H3/b10-7-,11-8-,18-16-,19-17-,24-22-,25-23-,30-28-,34-29-,41-39-. The SMILES string of the molecule is CC/C=C\C/C=C\C/C=C\C/C=C\C/C=C\CCCCCCCC(=O)OC(COC(=O)CCCCCCCCC)COC(=O)CCCCCCCCCCCCCC/C=C\C/C=C\C/C=C\C/C=C\CC. The van der Waals surface area contributed by atoms with Gasteiger partial charge in [0, 0.05) is 19.3 Å². The molecular weight excluding hydrogens is 877 g/mol. The summed E-state index contributed by atoms with van der Waals surface area (Å²) in [4.78, 5) is 38.0. The molecule has 0 rings (SSSR count). The van der Waals surface area contributed by atoms with E-state index in [4.69, 9.17) is 14.2 Å². The summed E-state index contributed by atoms with van der Waals surface area (Å²) >= 11 is 0. The monoisotopic (exact) mass is 985 g/mol. The summed E-state index contributed by atoms with van der Waals surface area (Å²) in [7, 11) is 0. The summed E-state index contributed by atoms with van der Waals surface area (Å²) in [5.74, 6) is -0.912. The Hall–Kier alpha value is -3.93. The van der Waals surface area contributed by atoms with E-state index in [0.717, 1.165) is 135 Å². The average molecular weight is 986 g/mol. The van der Waals surface area contributed by atoms with E-state index in [1.54, 1.807) is 0 Å². The van der Waals surface area contributed by atoms with Gasteiger partial charge in [-0.05, 0) is 103 Å². The van der Waals surface area contributed by atoms with E-state index in [1.807, 2.05) is 0 Å². The van der Waals surface area contributed by atoms with Crippen LogP contribution in [-0.2, 0) is 28.6 Å². The molecule has 404 valence electrons. The highest BCUT2D eigenvalue weighted by atomic mass is 16.6. The predicted octanol–water partition coefficient (Wildman–Crippen LogP) is 19.9. The molecule has 0 saturated heterocycles. The molecule has 0 amide bonds. The molecule has 0 N–H and O–H groups in total. The van der Waals surface area contributed by atoms with E-state index in [-0.39, 0.29) is 31.1 Å². The lowest BCUT2D eigenvalue weighted by molar-refractivity contribution is -0.167. The van der Waals surface area contributed by atoms with Crippen LogP contribution in [0.4, 0.5) is 0 Å². The Bertz CT molecular complexity index is 1460. The number of unbranched alkanes of at least 4 members (excludes halogenated alkanes) is 23. The third-order valence-electron chi connectivity index (χ3n) is 12.3. The van der Waals surface area contributed by atoms with Gasteiger partial charge in [0.25, 0.3) is 0 Å². The highest BCUT2D eigenvalue weighted by Gasteiger charge is 2.19. The number of esters is 3. The maximum atomic E-state index is 12.8. The number of ether oxygens (including phenoxy) is 3. The highest BCUT2D eigenvalue weighted by Crippen LogP contribution is 2.15. The van der Waals surface area contributed by atoms with Gasteiger partial charge in [0.2, 0.25) is 0 Å². The second-order valence-corrected chi connectivity index (χ2v) is 19.1. The Kier molecular flexibility index (Phi) is 55.4. The summed E-state index contributed by atoms with van der Waals surface area (Å²) in [6.07, 6.45) is 79.6.